The molecule has 186 valence electrons. The first kappa shape index (κ1) is 23.3. The maximum Gasteiger partial charge on any atom is 0.261 e. The topological polar surface area (TPSA) is 70.3 Å². The smallest absolute Gasteiger partial charge is 0.261 e. The number of rotatable bonds is 8. The standard InChI is InChI=1S/C26H32N4O5/c1-27(2)7-9-29-18-14-23-22(34-15-35-23)11-16(18)24-25(29)17-12-20(32-5)21(33-6)13-19(17)30(26(24)31)10-8-28(3)4/h11-14H,7-10,15H2,1-6H3. The van der Waals surface area contributed by atoms with E-state index in [1.54, 1.807) is 14.2 Å². The molecular formula is C26H32N4O5. The van der Waals surface area contributed by atoms with E-state index in [0.717, 1.165) is 40.4 Å². The Morgan fingerprint density at radius 3 is 2.00 bits per heavy atom. The van der Waals surface area contributed by atoms with Crippen molar-refractivity contribution in [2.24, 2.45) is 0 Å². The summed E-state index contributed by atoms with van der Waals surface area (Å²) in [5, 5.41) is 2.48. The van der Waals surface area contributed by atoms with Crippen LogP contribution in [0, 0.1) is 0 Å². The van der Waals surface area contributed by atoms with Crippen LogP contribution in [0.15, 0.2) is 29.1 Å². The van der Waals surface area contributed by atoms with Crippen molar-refractivity contribution in [3.05, 3.63) is 34.6 Å². The minimum absolute atomic E-state index is 0.0333. The van der Waals surface area contributed by atoms with Crippen LogP contribution in [0.5, 0.6) is 23.0 Å². The molecule has 0 amide bonds. The molecule has 0 unspecified atom stereocenters. The van der Waals surface area contributed by atoms with Crippen molar-refractivity contribution in [3.63, 3.8) is 0 Å². The Hall–Kier alpha value is -3.43. The van der Waals surface area contributed by atoms with E-state index in [0.29, 0.717) is 41.5 Å². The van der Waals surface area contributed by atoms with E-state index in [-0.39, 0.29) is 12.4 Å². The summed E-state index contributed by atoms with van der Waals surface area (Å²) in [5.74, 6) is 2.57. The summed E-state index contributed by atoms with van der Waals surface area (Å²) in [5.41, 5.74) is 2.61. The molecule has 5 rings (SSSR count). The number of methoxy groups -OCH3 is 2. The van der Waals surface area contributed by atoms with Gasteiger partial charge in [0.15, 0.2) is 23.0 Å². The second-order valence-electron chi connectivity index (χ2n) is 9.39. The molecule has 0 bridgehead atoms. The monoisotopic (exact) mass is 480 g/mol. The fraction of sp³-hybridized carbons (Fsp3) is 0.423. The Labute approximate surface area is 203 Å². The van der Waals surface area contributed by atoms with Gasteiger partial charge in [-0.05, 0) is 40.3 Å². The SMILES string of the molecule is COc1cc2c(cc1OC)n(CCN(C)C)c(=O)c1c3cc4c(cc3n(CCN(C)C)c21)OCO4. The van der Waals surface area contributed by atoms with E-state index in [1.807, 2.05) is 57.0 Å². The molecule has 0 N–H and O–H groups in total. The summed E-state index contributed by atoms with van der Waals surface area (Å²) in [4.78, 5) is 18.4. The number of hydrogen-bond acceptors (Lipinski definition) is 7. The number of ether oxygens (including phenoxy) is 4. The number of hydrogen-bond donors (Lipinski definition) is 0. The molecule has 0 saturated heterocycles. The molecule has 2 aromatic carbocycles. The Morgan fingerprint density at radius 2 is 1.37 bits per heavy atom. The van der Waals surface area contributed by atoms with Crippen molar-refractivity contribution in [1.29, 1.82) is 0 Å². The second-order valence-corrected chi connectivity index (χ2v) is 9.39. The highest BCUT2D eigenvalue weighted by molar-refractivity contribution is 6.17. The molecule has 0 fully saturated rings. The Balaban J connectivity index is 1.95. The fourth-order valence-corrected chi connectivity index (χ4v) is 4.81. The summed E-state index contributed by atoms with van der Waals surface area (Å²) in [6.07, 6.45) is 0. The Kier molecular flexibility index (Phi) is 5.98. The molecule has 1 aliphatic rings. The van der Waals surface area contributed by atoms with Gasteiger partial charge in [-0.25, -0.2) is 0 Å². The Morgan fingerprint density at radius 1 is 0.800 bits per heavy atom. The van der Waals surface area contributed by atoms with E-state index in [1.165, 1.54) is 0 Å². The predicted octanol–water partition coefficient (Wildman–Crippen LogP) is 2.98. The van der Waals surface area contributed by atoms with Crippen LogP contribution in [0.3, 0.4) is 0 Å². The van der Waals surface area contributed by atoms with Gasteiger partial charge >= 0.3 is 0 Å². The predicted molar refractivity (Wildman–Crippen MR) is 138 cm³/mol. The zero-order valence-electron chi connectivity index (χ0n) is 21.2. The summed E-state index contributed by atoms with van der Waals surface area (Å²) < 4.78 is 26.7. The first-order valence-corrected chi connectivity index (χ1v) is 11.7. The highest BCUT2D eigenvalue weighted by atomic mass is 16.7. The molecule has 9 heteroatoms. The summed E-state index contributed by atoms with van der Waals surface area (Å²) in [7, 11) is 11.3. The van der Waals surface area contributed by atoms with Crippen molar-refractivity contribution in [1.82, 2.24) is 18.9 Å². The molecule has 0 atom stereocenters. The molecule has 3 heterocycles. The molecule has 2 aromatic heterocycles. The van der Waals surface area contributed by atoms with Gasteiger partial charge in [0.05, 0.1) is 36.2 Å². The van der Waals surface area contributed by atoms with E-state index in [4.69, 9.17) is 18.9 Å². The van der Waals surface area contributed by atoms with Crippen molar-refractivity contribution < 1.29 is 18.9 Å². The number of nitrogens with zero attached hydrogens (tertiary/aromatic N) is 4. The number of pyridine rings is 1. The molecular weight excluding hydrogens is 448 g/mol. The highest BCUT2D eigenvalue weighted by Gasteiger charge is 2.25. The minimum Gasteiger partial charge on any atom is -0.493 e. The van der Waals surface area contributed by atoms with Gasteiger partial charge in [-0.15, -0.1) is 0 Å². The van der Waals surface area contributed by atoms with E-state index >= 15 is 0 Å². The quantitative estimate of drug-likeness (QED) is 0.384. The molecule has 35 heavy (non-hydrogen) atoms. The largest absolute Gasteiger partial charge is 0.493 e. The van der Waals surface area contributed by atoms with Crippen molar-refractivity contribution in [2.45, 2.75) is 13.1 Å². The third-order valence-electron chi connectivity index (χ3n) is 6.61. The van der Waals surface area contributed by atoms with Crippen molar-refractivity contribution in [3.8, 4) is 23.0 Å². The van der Waals surface area contributed by atoms with Gasteiger partial charge in [0.25, 0.3) is 5.56 Å². The summed E-state index contributed by atoms with van der Waals surface area (Å²) in [6.45, 7) is 2.97. The average Bonchev–Trinajstić information content (AvgIpc) is 3.42. The number of aromatic nitrogens is 2. The molecule has 0 saturated carbocycles. The number of likely N-dealkylation sites (N-methyl/N-ethyl adjacent to an activating group) is 2. The zero-order chi connectivity index (χ0) is 24.9. The lowest BCUT2D eigenvalue weighted by molar-refractivity contribution is 0.174. The number of benzene rings is 2. The maximum atomic E-state index is 14.2. The normalized spacial score (nSPS) is 13.1. The van der Waals surface area contributed by atoms with Gasteiger partial charge in [0, 0.05) is 49.1 Å². The van der Waals surface area contributed by atoms with Gasteiger partial charge < -0.3 is 37.9 Å². The molecule has 4 aromatic rings. The van der Waals surface area contributed by atoms with Crippen LogP contribution in [0.4, 0.5) is 0 Å². The number of fused-ring (bicyclic) bond motifs is 6. The van der Waals surface area contributed by atoms with E-state index in [9.17, 15) is 4.79 Å². The van der Waals surface area contributed by atoms with Gasteiger partial charge in [-0.3, -0.25) is 4.79 Å². The van der Waals surface area contributed by atoms with Crippen LogP contribution < -0.4 is 24.5 Å². The highest BCUT2D eigenvalue weighted by Crippen LogP contribution is 2.42. The van der Waals surface area contributed by atoms with Crippen LogP contribution in [-0.2, 0) is 13.1 Å². The molecule has 0 radical (unpaired) electrons. The maximum absolute atomic E-state index is 14.2. The molecule has 0 aliphatic carbocycles. The van der Waals surface area contributed by atoms with Crippen LogP contribution in [0.1, 0.15) is 0 Å². The van der Waals surface area contributed by atoms with Crippen LogP contribution in [0.2, 0.25) is 0 Å². The first-order valence-electron chi connectivity index (χ1n) is 11.7. The lowest BCUT2D eigenvalue weighted by Crippen LogP contribution is -2.27. The van der Waals surface area contributed by atoms with Gasteiger partial charge in [0.2, 0.25) is 6.79 Å². The third kappa shape index (κ3) is 3.84. The first-order chi connectivity index (χ1) is 16.8. The molecule has 9 nitrogen and oxygen atoms in total. The van der Waals surface area contributed by atoms with Gasteiger partial charge in [-0.1, -0.05) is 0 Å². The average molecular weight is 481 g/mol. The van der Waals surface area contributed by atoms with Crippen molar-refractivity contribution >= 4 is 32.7 Å². The fourth-order valence-electron chi connectivity index (χ4n) is 4.81. The lowest BCUT2D eigenvalue weighted by Gasteiger charge is -2.18. The molecule has 0 spiro atoms. The van der Waals surface area contributed by atoms with Crippen LogP contribution in [-0.4, -0.2) is 81.2 Å². The van der Waals surface area contributed by atoms with E-state index < -0.39 is 0 Å². The van der Waals surface area contributed by atoms with Crippen molar-refractivity contribution in [2.75, 3.05) is 62.3 Å². The summed E-state index contributed by atoms with van der Waals surface area (Å²) >= 11 is 0. The van der Waals surface area contributed by atoms with Gasteiger partial charge in [-0.2, -0.15) is 0 Å². The second kappa shape index (κ2) is 8.98. The lowest BCUT2D eigenvalue weighted by atomic mass is 10.1. The minimum atomic E-state index is -0.0333. The third-order valence-corrected chi connectivity index (χ3v) is 6.61. The molecule has 1 aliphatic heterocycles. The summed E-state index contributed by atoms with van der Waals surface area (Å²) in [6, 6.07) is 7.82. The van der Waals surface area contributed by atoms with E-state index in [2.05, 4.69) is 14.4 Å². The van der Waals surface area contributed by atoms with Crippen LogP contribution in [0.25, 0.3) is 32.7 Å². The zero-order valence-corrected chi connectivity index (χ0v) is 21.2. The van der Waals surface area contributed by atoms with Gasteiger partial charge in [0.1, 0.15) is 0 Å². The Bertz CT molecular complexity index is 1490. The van der Waals surface area contributed by atoms with Crippen LogP contribution >= 0.6 is 0 Å².